The highest BCUT2D eigenvalue weighted by Crippen LogP contribution is 2.32. The van der Waals surface area contributed by atoms with Gasteiger partial charge in [0.1, 0.15) is 5.75 Å². The molecule has 0 fully saturated rings. The highest BCUT2D eigenvalue weighted by molar-refractivity contribution is 6.01. The molecule has 1 N–H and O–H groups in total. The number of nitrogens with zero attached hydrogens (tertiary/aromatic N) is 1. The van der Waals surface area contributed by atoms with Crippen LogP contribution >= 0.6 is 0 Å². The van der Waals surface area contributed by atoms with Crippen LogP contribution in [-0.2, 0) is 4.79 Å². The number of carbonyl (C=O) groups excluding carboxylic acids is 2. The van der Waals surface area contributed by atoms with Crippen LogP contribution in [0.15, 0.2) is 18.2 Å². The van der Waals surface area contributed by atoms with Crippen LogP contribution in [0.25, 0.3) is 0 Å². The van der Waals surface area contributed by atoms with Crippen molar-refractivity contribution in [2.75, 3.05) is 24.6 Å². The van der Waals surface area contributed by atoms with Gasteiger partial charge in [-0.05, 0) is 31.0 Å². The van der Waals surface area contributed by atoms with Crippen molar-refractivity contribution < 1.29 is 14.3 Å². The number of carbonyl (C=O) groups is 2. The second-order valence-corrected chi connectivity index (χ2v) is 5.21. The Morgan fingerprint density at radius 2 is 2.20 bits per heavy atom. The molecule has 2 amide bonds. The standard InChI is InChI=1S/C15H20N2O3/c1-4-17-12-7-11(15(19)16-8-10(2)3)5-6-13(12)20-9-14(17)18/h5-7,10H,4,8-9H2,1-3H3,(H,16,19). The van der Waals surface area contributed by atoms with Gasteiger partial charge in [-0.1, -0.05) is 13.8 Å². The molecule has 1 aliphatic heterocycles. The molecule has 1 heterocycles. The van der Waals surface area contributed by atoms with Crippen molar-refractivity contribution in [3.05, 3.63) is 23.8 Å². The van der Waals surface area contributed by atoms with Crippen molar-refractivity contribution in [1.82, 2.24) is 5.32 Å². The molecular weight excluding hydrogens is 256 g/mol. The predicted octanol–water partition coefficient (Wildman–Crippen LogP) is 1.82. The van der Waals surface area contributed by atoms with Gasteiger partial charge >= 0.3 is 0 Å². The Labute approximate surface area is 118 Å². The first-order chi connectivity index (χ1) is 9.52. The molecule has 1 aliphatic rings. The van der Waals surface area contributed by atoms with Crippen molar-refractivity contribution in [2.24, 2.45) is 5.92 Å². The van der Waals surface area contributed by atoms with Crippen molar-refractivity contribution in [3.63, 3.8) is 0 Å². The molecule has 0 bridgehead atoms. The lowest BCUT2D eigenvalue weighted by Crippen LogP contribution is -2.38. The number of anilines is 1. The zero-order valence-corrected chi connectivity index (χ0v) is 12.1. The maximum Gasteiger partial charge on any atom is 0.265 e. The molecule has 0 aliphatic carbocycles. The summed E-state index contributed by atoms with van der Waals surface area (Å²) >= 11 is 0. The van der Waals surface area contributed by atoms with E-state index in [0.29, 0.717) is 36.0 Å². The van der Waals surface area contributed by atoms with Gasteiger partial charge in [-0.3, -0.25) is 9.59 Å². The van der Waals surface area contributed by atoms with E-state index in [-0.39, 0.29) is 18.4 Å². The van der Waals surface area contributed by atoms with Crippen LogP contribution in [0.3, 0.4) is 0 Å². The predicted molar refractivity (Wildman–Crippen MR) is 77.1 cm³/mol. The van der Waals surface area contributed by atoms with E-state index >= 15 is 0 Å². The first kappa shape index (κ1) is 14.4. The van der Waals surface area contributed by atoms with Crippen LogP contribution in [0.1, 0.15) is 31.1 Å². The minimum absolute atomic E-state index is 0.0553. The molecule has 5 heteroatoms. The second kappa shape index (κ2) is 5.94. The Bertz CT molecular complexity index is 526. The van der Waals surface area contributed by atoms with Gasteiger partial charge in [-0.25, -0.2) is 0 Å². The topological polar surface area (TPSA) is 58.6 Å². The van der Waals surface area contributed by atoms with Crippen LogP contribution in [0.5, 0.6) is 5.75 Å². The molecule has 0 radical (unpaired) electrons. The van der Waals surface area contributed by atoms with Gasteiger partial charge in [-0.2, -0.15) is 0 Å². The summed E-state index contributed by atoms with van der Waals surface area (Å²) < 4.78 is 5.38. The molecule has 0 atom stereocenters. The molecule has 2 rings (SSSR count). The van der Waals surface area contributed by atoms with Crippen LogP contribution in [0.4, 0.5) is 5.69 Å². The zero-order chi connectivity index (χ0) is 14.7. The highest BCUT2D eigenvalue weighted by Gasteiger charge is 2.25. The lowest BCUT2D eigenvalue weighted by atomic mass is 10.1. The summed E-state index contributed by atoms with van der Waals surface area (Å²) in [7, 11) is 0. The molecule has 0 aromatic heterocycles. The average Bonchev–Trinajstić information content (AvgIpc) is 2.44. The molecule has 0 saturated heterocycles. The lowest BCUT2D eigenvalue weighted by molar-refractivity contribution is -0.121. The second-order valence-electron chi connectivity index (χ2n) is 5.21. The number of amides is 2. The summed E-state index contributed by atoms with van der Waals surface area (Å²) in [4.78, 5) is 25.5. The number of hydrogen-bond donors (Lipinski definition) is 1. The summed E-state index contributed by atoms with van der Waals surface area (Å²) in [6.45, 7) is 7.23. The number of likely N-dealkylation sites (N-methyl/N-ethyl adjacent to an activating group) is 1. The van der Waals surface area contributed by atoms with Gasteiger partial charge in [0.2, 0.25) is 0 Å². The van der Waals surface area contributed by atoms with E-state index in [2.05, 4.69) is 5.32 Å². The van der Waals surface area contributed by atoms with Gasteiger partial charge < -0.3 is 15.0 Å². The third-order valence-electron chi connectivity index (χ3n) is 3.15. The minimum atomic E-state index is -0.129. The fraction of sp³-hybridized carbons (Fsp3) is 0.467. The number of hydrogen-bond acceptors (Lipinski definition) is 3. The maximum atomic E-state index is 12.1. The van der Waals surface area contributed by atoms with Gasteiger partial charge in [0.15, 0.2) is 6.61 Å². The van der Waals surface area contributed by atoms with Gasteiger partial charge in [-0.15, -0.1) is 0 Å². The Morgan fingerprint density at radius 1 is 1.45 bits per heavy atom. The number of nitrogens with one attached hydrogen (secondary N) is 1. The highest BCUT2D eigenvalue weighted by atomic mass is 16.5. The maximum absolute atomic E-state index is 12.1. The monoisotopic (exact) mass is 276 g/mol. The Morgan fingerprint density at radius 3 is 2.85 bits per heavy atom. The van der Waals surface area contributed by atoms with E-state index in [0.717, 1.165) is 0 Å². The van der Waals surface area contributed by atoms with Crippen molar-refractivity contribution in [2.45, 2.75) is 20.8 Å². The van der Waals surface area contributed by atoms with Gasteiger partial charge in [0.05, 0.1) is 5.69 Å². The smallest absolute Gasteiger partial charge is 0.265 e. The Balaban J connectivity index is 2.24. The number of ether oxygens (including phenoxy) is 1. The van der Waals surface area contributed by atoms with Crippen LogP contribution in [0.2, 0.25) is 0 Å². The third kappa shape index (κ3) is 2.92. The van der Waals surface area contributed by atoms with E-state index in [1.807, 2.05) is 20.8 Å². The summed E-state index contributed by atoms with van der Waals surface area (Å²) in [5.74, 6) is 0.829. The molecule has 20 heavy (non-hydrogen) atoms. The fourth-order valence-electron chi connectivity index (χ4n) is 2.09. The average molecular weight is 276 g/mol. The molecule has 1 aromatic carbocycles. The molecule has 0 saturated carbocycles. The first-order valence-corrected chi connectivity index (χ1v) is 6.88. The summed E-state index contributed by atoms with van der Waals surface area (Å²) in [6.07, 6.45) is 0. The van der Waals surface area contributed by atoms with E-state index < -0.39 is 0 Å². The van der Waals surface area contributed by atoms with Crippen LogP contribution < -0.4 is 15.0 Å². The van der Waals surface area contributed by atoms with Gasteiger partial charge in [0.25, 0.3) is 11.8 Å². The SMILES string of the molecule is CCN1C(=O)COc2ccc(C(=O)NCC(C)C)cc21. The number of fused-ring (bicyclic) bond motifs is 1. The number of benzene rings is 1. The normalized spacial score (nSPS) is 14.0. The van der Waals surface area contributed by atoms with E-state index in [4.69, 9.17) is 4.74 Å². The lowest BCUT2D eigenvalue weighted by Gasteiger charge is -2.28. The zero-order valence-electron chi connectivity index (χ0n) is 12.1. The Kier molecular flexibility index (Phi) is 4.27. The Hall–Kier alpha value is -2.04. The summed E-state index contributed by atoms with van der Waals surface area (Å²) in [6, 6.07) is 5.18. The summed E-state index contributed by atoms with van der Waals surface area (Å²) in [5.41, 5.74) is 1.21. The van der Waals surface area contributed by atoms with E-state index in [1.54, 1.807) is 23.1 Å². The van der Waals surface area contributed by atoms with E-state index in [9.17, 15) is 9.59 Å². The van der Waals surface area contributed by atoms with Crippen LogP contribution in [0, 0.1) is 5.92 Å². The van der Waals surface area contributed by atoms with E-state index in [1.165, 1.54) is 0 Å². The molecule has 1 aromatic rings. The first-order valence-electron chi connectivity index (χ1n) is 6.88. The number of rotatable bonds is 4. The minimum Gasteiger partial charge on any atom is -0.482 e. The van der Waals surface area contributed by atoms with Crippen molar-refractivity contribution in [3.8, 4) is 5.75 Å². The third-order valence-corrected chi connectivity index (χ3v) is 3.15. The van der Waals surface area contributed by atoms with Gasteiger partial charge in [0, 0.05) is 18.7 Å². The molecule has 0 unspecified atom stereocenters. The largest absolute Gasteiger partial charge is 0.482 e. The quantitative estimate of drug-likeness (QED) is 0.912. The molecular formula is C15H20N2O3. The molecule has 108 valence electrons. The van der Waals surface area contributed by atoms with Crippen LogP contribution in [-0.4, -0.2) is 31.5 Å². The summed E-state index contributed by atoms with van der Waals surface area (Å²) in [5, 5.41) is 2.87. The van der Waals surface area contributed by atoms with Crippen molar-refractivity contribution in [1.29, 1.82) is 0 Å². The molecule has 0 spiro atoms. The van der Waals surface area contributed by atoms with Crippen molar-refractivity contribution >= 4 is 17.5 Å². The fourth-order valence-corrected chi connectivity index (χ4v) is 2.09. The molecule has 5 nitrogen and oxygen atoms in total.